The lowest BCUT2D eigenvalue weighted by atomic mass is 9.75. The minimum atomic E-state index is 0.640. The van der Waals surface area contributed by atoms with Crippen LogP contribution in [0.15, 0.2) is 29.6 Å². The van der Waals surface area contributed by atoms with Crippen molar-refractivity contribution >= 4 is 11.3 Å². The molecule has 1 aromatic carbocycles. The van der Waals surface area contributed by atoms with Gasteiger partial charge in [-0.25, -0.2) is 4.98 Å². The molecule has 1 saturated carbocycles. The second-order valence-corrected chi connectivity index (χ2v) is 6.64. The lowest BCUT2D eigenvalue weighted by molar-refractivity contribution is 0.285. The third kappa shape index (κ3) is 3.44. The average Bonchev–Trinajstić information content (AvgIpc) is 2.87. The predicted molar refractivity (Wildman–Crippen MR) is 87.3 cm³/mol. The average molecular weight is 302 g/mol. The van der Waals surface area contributed by atoms with Crippen molar-refractivity contribution in [2.75, 3.05) is 13.7 Å². The van der Waals surface area contributed by atoms with Gasteiger partial charge in [-0.2, -0.15) is 0 Å². The fourth-order valence-electron chi connectivity index (χ4n) is 2.94. The summed E-state index contributed by atoms with van der Waals surface area (Å²) in [7, 11) is 1.75. The Morgan fingerprint density at radius 3 is 2.86 bits per heavy atom. The number of aromatic nitrogens is 1. The molecule has 4 heteroatoms. The van der Waals surface area contributed by atoms with Gasteiger partial charge in [0.15, 0.2) is 0 Å². The van der Waals surface area contributed by atoms with Gasteiger partial charge in [0.25, 0.3) is 0 Å². The van der Waals surface area contributed by atoms with E-state index in [0.29, 0.717) is 12.0 Å². The number of benzene rings is 1. The number of para-hydroxylation sites is 1. The van der Waals surface area contributed by atoms with Crippen molar-refractivity contribution in [1.82, 2.24) is 10.3 Å². The summed E-state index contributed by atoms with van der Waals surface area (Å²) in [5, 5.41) is 7.00. The van der Waals surface area contributed by atoms with Crippen LogP contribution in [0.3, 0.4) is 0 Å². The van der Waals surface area contributed by atoms with E-state index >= 15 is 0 Å². The zero-order valence-corrected chi connectivity index (χ0v) is 13.5. The molecule has 0 bridgehead atoms. The van der Waals surface area contributed by atoms with Crippen LogP contribution < -0.4 is 10.1 Å². The molecule has 0 spiro atoms. The maximum atomic E-state index is 5.45. The predicted octanol–water partition coefficient (Wildman–Crippen LogP) is 3.54. The van der Waals surface area contributed by atoms with E-state index in [2.05, 4.69) is 40.8 Å². The summed E-state index contributed by atoms with van der Waals surface area (Å²) >= 11 is 1.76. The number of thiazole rings is 1. The molecule has 0 aliphatic heterocycles. The van der Waals surface area contributed by atoms with Crippen LogP contribution in [0.25, 0.3) is 0 Å². The van der Waals surface area contributed by atoms with Crippen molar-refractivity contribution < 1.29 is 4.74 Å². The number of hydrogen-bond donors (Lipinski definition) is 1. The molecule has 1 fully saturated rings. The quantitative estimate of drug-likeness (QED) is 0.886. The highest BCUT2D eigenvalue weighted by Crippen LogP contribution is 2.40. The van der Waals surface area contributed by atoms with Crippen LogP contribution in [0.5, 0.6) is 5.75 Å². The molecule has 21 heavy (non-hydrogen) atoms. The number of rotatable bonds is 6. The Morgan fingerprint density at radius 2 is 2.14 bits per heavy atom. The van der Waals surface area contributed by atoms with Crippen molar-refractivity contribution in [3.05, 3.63) is 45.9 Å². The molecular formula is C17H22N2OS. The summed E-state index contributed by atoms with van der Waals surface area (Å²) < 4.78 is 5.45. The Bertz CT molecular complexity index is 590. The fourth-order valence-corrected chi connectivity index (χ4v) is 3.72. The number of nitrogens with one attached hydrogen (secondary N) is 1. The van der Waals surface area contributed by atoms with Crippen molar-refractivity contribution in [2.24, 2.45) is 0 Å². The van der Waals surface area contributed by atoms with Gasteiger partial charge in [-0.15, -0.1) is 11.3 Å². The SMILES string of the molecule is COc1ccccc1C1CC(NCCc2nc(C)cs2)C1. The molecule has 0 saturated heterocycles. The van der Waals surface area contributed by atoms with E-state index in [0.717, 1.165) is 24.4 Å². The van der Waals surface area contributed by atoms with Gasteiger partial charge in [0, 0.05) is 30.1 Å². The van der Waals surface area contributed by atoms with E-state index in [1.165, 1.54) is 23.4 Å². The molecule has 3 rings (SSSR count). The van der Waals surface area contributed by atoms with Crippen molar-refractivity contribution in [3.8, 4) is 5.75 Å². The number of hydrogen-bond acceptors (Lipinski definition) is 4. The van der Waals surface area contributed by atoms with Crippen LogP contribution in [0.4, 0.5) is 0 Å². The van der Waals surface area contributed by atoms with E-state index in [1.807, 2.05) is 6.07 Å². The zero-order chi connectivity index (χ0) is 14.7. The van der Waals surface area contributed by atoms with Crippen molar-refractivity contribution in [3.63, 3.8) is 0 Å². The third-order valence-electron chi connectivity index (χ3n) is 4.16. The normalized spacial score (nSPS) is 21.0. The first-order valence-corrected chi connectivity index (χ1v) is 8.41. The molecule has 112 valence electrons. The van der Waals surface area contributed by atoms with Gasteiger partial charge in [0.2, 0.25) is 0 Å². The number of ether oxygens (including phenoxy) is 1. The standard InChI is InChI=1S/C17H22N2OS/c1-12-11-21-17(19-12)7-8-18-14-9-13(10-14)15-5-3-4-6-16(15)20-2/h3-6,11,13-14,18H,7-10H2,1-2H3. The smallest absolute Gasteiger partial charge is 0.122 e. The Morgan fingerprint density at radius 1 is 1.33 bits per heavy atom. The summed E-state index contributed by atoms with van der Waals surface area (Å²) in [6, 6.07) is 9.02. The van der Waals surface area contributed by atoms with E-state index in [9.17, 15) is 0 Å². The van der Waals surface area contributed by atoms with Crippen LogP contribution in [0, 0.1) is 6.92 Å². The molecule has 1 heterocycles. The first-order chi connectivity index (χ1) is 10.3. The van der Waals surface area contributed by atoms with Gasteiger partial charge >= 0.3 is 0 Å². The van der Waals surface area contributed by atoms with Gasteiger partial charge in [0.1, 0.15) is 5.75 Å². The van der Waals surface area contributed by atoms with Crippen LogP contribution >= 0.6 is 11.3 Å². The fraction of sp³-hybridized carbons (Fsp3) is 0.471. The van der Waals surface area contributed by atoms with Crippen molar-refractivity contribution in [1.29, 1.82) is 0 Å². The Labute approximate surface area is 130 Å². The molecule has 1 N–H and O–H groups in total. The van der Waals surface area contributed by atoms with Crippen molar-refractivity contribution in [2.45, 2.75) is 38.1 Å². The lowest BCUT2D eigenvalue weighted by Gasteiger charge is -2.37. The van der Waals surface area contributed by atoms with Crippen LogP contribution in [0.1, 0.15) is 35.0 Å². The highest BCUT2D eigenvalue weighted by atomic mass is 32.1. The largest absolute Gasteiger partial charge is 0.496 e. The topological polar surface area (TPSA) is 34.1 Å². The second kappa shape index (κ2) is 6.58. The maximum absolute atomic E-state index is 5.45. The first kappa shape index (κ1) is 14.5. The highest BCUT2D eigenvalue weighted by molar-refractivity contribution is 7.09. The minimum absolute atomic E-state index is 0.640. The van der Waals surface area contributed by atoms with Gasteiger partial charge < -0.3 is 10.1 Å². The summed E-state index contributed by atoms with van der Waals surface area (Å²) in [6.45, 7) is 3.08. The molecule has 0 amide bonds. The molecule has 3 nitrogen and oxygen atoms in total. The highest BCUT2D eigenvalue weighted by Gasteiger charge is 2.31. The van der Waals surface area contributed by atoms with Gasteiger partial charge in [0.05, 0.1) is 12.1 Å². The maximum Gasteiger partial charge on any atom is 0.122 e. The number of methoxy groups -OCH3 is 1. The summed E-state index contributed by atoms with van der Waals surface area (Å²) in [5.41, 5.74) is 2.49. The van der Waals surface area contributed by atoms with Crippen LogP contribution in [-0.2, 0) is 6.42 Å². The monoisotopic (exact) mass is 302 g/mol. The Balaban J connectivity index is 1.43. The van der Waals surface area contributed by atoms with Crippen LogP contribution in [0.2, 0.25) is 0 Å². The summed E-state index contributed by atoms with van der Waals surface area (Å²) in [4.78, 5) is 4.50. The summed E-state index contributed by atoms with van der Waals surface area (Å²) in [5.74, 6) is 1.67. The molecule has 0 unspecified atom stereocenters. The molecule has 1 aromatic heterocycles. The number of nitrogens with zero attached hydrogens (tertiary/aromatic N) is 1. The molecule has 0 atom stereocenters. The number of aryl methyl sites for hydroxylation is 1. The van der Waals surface area contributed by atoms with Gasteiger partial charge in [-0.05, 0) is 37.3 Å². The van der Waals surface area contributed by atoms with Gasteiger partial charge in [-0.1, -0.05) is 18.2 Å². The zero-order valence-electron chi connectivity index (χ0n) is 12.6. The molecule has 1 aliphatic rings. The first-order valence-electron chi connectivity index (χ1n) is 7.53. The second-order valence-electron chi connectivity index (χ2n) is 5.69. The summed E-state index contributed by atoms with van der Waals surface area (Å²) in [6.07, 6.45) is 3.45. The Hall–Kier alpha value is -1.39. The molecule has 1 aliphatic carbocycles. The van der Waals surface area contributed by atoms with E-state index < -0.39 is 0 Å². The van der Waals surface area contributed by atoms with Gasteiger partial charge in [-0.3, -0.25) is 0 Å². The van der Waals surface area contributed by atoms with E-state index in [1.54, 1.807) is 18.4 Å². The van der Waals surface area contributed by atoms with E-state index in [4.69, 9.17) is 4.74 Å². The third-order valence-corrected chi connectivity index (χ3v) is 5.18. The molecular weight excluding hydrogens is 280 g/mol. The minimum Gasteiger partial charge on any atom is -0.496 e. The molecule has 0 radical (unpaired) electrons. The molecule has 2 aromatic rings. The van der Waals surface area contributed by atoms with Crippen LogP contribution in [-0.4, -0.2) is 24.7 Å². The Kier molecular flexibility index (Phi) is 4.56. The van der Waals surface area contributed by atoms with E-state index in [-0.39, 0.29) is 0 Å². The lowest BCUT2D eigenvalue weighted by Crippen LogP contribution is -2.41.